The molecule has 2 rings (SSSR count). The van der Waals surface area contributed by atoms with E-state index in [9.17, 15) is 14.0 Å². The second-order valence-corrected chi connectivity index (χ2v) is 7.80. The Bertz CT molecular complexity index is 852. The Balaban J connectivity index is 2.32. The molecule has 0 saturated carbocycles. The summed E-state index contributed by atoms with van der Waals surface area (Å²) in [6, 6.07) is 11.5. The Hall–Kier alpha value is -2.40. The number of halogens is 2. The minimum absolute atomic E-state index is 0.153. The molecule has 0 aliphatic carbocycles. The van der Waals surface area contributed by atoms with Crippen LogP contribution in [-0.4, -0.2) is 29.3 Å². The van der Waals surface area contributed by atoms with Crippen molar-refractivity contribution < 1.29 is 14.0 Å². The van der Waals surface area contributed by atoms with Gasteiger partial charge in [-0.1, -0.05) is 62.2 Å². The molecule has 1 atom stereocenters. The van der Waals surface area contributed by atoms with Gasteiger partial charge in [-0.3, -0.25) is 9.59 Å². The molecule has 2 aromatic rings. The SMILES string of the molecule is CCCCNC(=O)[C@@H](CC)N(Cc1ccccc1C)C(=O)Cc1c(F)cccc1Cl. The molecule has 0 saturated heterocycles. The maximum Gasteiger partial charge on any atom is 0.242 e. The van der Waals surface area contributed by atoms with Crippen LogP contribution in [0.4, 0.5) is 4.39 Å². The van der Waals surface area contributed by atoms with Crippen molar-refractivity contribution in [3.8, 4) is 0 Å². The number of hydrogen-bond donors (Lipinski definition) is 1. The lowest BCUT2D eigenvalue weighted by molar-refractivity contribution is -0.141. The second kappa shape index (κ2) is 11.7. The van der Waals surface area contributed by atoms with Crippen LogP contribution in [0.5, 0.6) is 0 Å². The zero-order valence-corrected chi connectivity index (χ0v) is 18.6. The third-order valence-corrected chi connectivity index (χ3v) is 5.56. The van der Waals surface area contributed by atoms with E-state index in [2.05, 4.69) is 12.2 Å². The molecular weight excluding hydrogens is 403 g/mol. The van der Waals surface area contributed by atoms with Crippen LogP contribution in [0, 0.1) is 12.7 Å². The minimum atomic E-state index is -0.639. The van der Waals surface area contributed by atoms with Crippen molar-refractivity contribution in [2.24, 2.45) is 0 Å². The van der Waals surface area contributed by atoms with Gasteiger partial charge in [-0.25, -0.2) is 4.39 Å². The molecule has 162 valence electrons. The molecule has 0 bridgehead atoms. The Morgan fingerprint density at radius 3 is 2.50 bits per heavy atom. The summed E-state index contributed by atoms with van der Waals surface area (Å²) in [6.07, 6.45) is 2.10. The molecule has 2 amide bonds. The van der Waals surface area contributed by atoms with Gasteiger partial charge in [0.15, 0.2) is 0 Å². The lowest BCUT2D eigenvalue weighted by Crippen LogP contribution is -2.49. The lowest BCUT2D eigenvalue weighted by atomic mass is 10.0. The van der Waals surface area contributed by atoms with Crippen LogP contribution in [0.25, 0.3) is 0 Å². The van der Waals surface area contributed by atoms with E-state index in [1.807, 2.05) is 38.1 Å². The standard InChI is InChI=1S/C24H30ClFN2O2/c1-4-6-14-27-24(30)22(5-2)28(16-18-11-8-7-10-17(18)3)23(29)15-19-20(25)12-9-13-21(19)26/h7-13,22H,4-6,14-16H2,1-3H3,(H,27,30)/t22-/m1/s1. The highest BCUT2D eigenvalue weighted by Crippen LogP contribution is 2.22. The highest BCUT2D eigenvalue weighted by molar-refractivity contribution is 6.31. The number of carbonyl (C=O) groups excluding carboxylic acids is 2. The molecular formula is C24H30ClFN2O2. The van der Waals surface area contributed by atoms with E-state index in [1.165, 1.54) is 12.1 Å². The van der Waals surface area contributed by atoms with E-state index in [-0.39, 0.29) is 35.4 Å². The number of amides is 2. The van der Waals surface area contributed by atoms with Crippen LogP contribution >= 0.6 is 11.6 Å². The van der Waals surface area contributed by atoms with Crippen molar-refractivity contribution in [3.63, 3.8) is 0 Å². The molecule has 0 aromatic heterocycles. The Morgan fingerprint density at radius 1 is 1.13 bits per heavy atom. The van der Waals surface area contributed by atoms with Crippen LogP contribution in [0.2, 0.25) is 5.02 Å². The van der Waals surface area contributed by atoms with E-state index in [0.29, 0.717) is 13.0 Å². The van der Waals surface area contributed by atoms with Gasteiger partial charge in [0.2, 0.25) is 11.8 Å². The lowest BCUT2D eigenvalue weighted by Gasteiger charge is -2.31. The molecule has 0 spiro atoms. The summed E-state index contributed by atoms with van der Waals surface area (Å²) in [7, 11) is 0. The molecule has 0 unspecified atom stereocenters. The molecule has 1 N–H and O–H groups in total. The van der Waals surface area contributed by atoms with Gasteiger partial charge < -0.3 is 10.2 Å². The monoisotopic (exact) mass is 432 g/mol. The molecule has 0 heterocycles. The first-order valence-corrected chi connectivity index (χ1v) is 10.8. The average molecular weight is 433 g/mol. The minimum Gasteiger partial charge on any atom is -0.354 e. The van der Waals surface area contributed by atoms with Crippen LogP contribution in [-0.2, 0) is 22.6 Å². The largest absolute Gasteiger partial charge is 0.354 e. The van der Waals surface area contributed by atoms with E-state index in [1.54, 1.807) is 11.0 Å². The van der Waals surface area contributed by atoms with Crippen molar-refractivity contribution in [1.29, 1.82) is 0 Å². The van der Waals surface area contributed by atoms with Crippen LogP contribution in [0.3, 0.4) is 0 Å². The van der Waals surface area contributed by atoms with Crippen molar-refractivity contribution in [1.82, 2.24) is 10.2 Å². The van der Waals surface area contributed by atoms with Crippen molar-refractivity contribution in [2.75, 3.05) is 6.54 Å². The normalized spacial score (nSPS) is 11.8. The summed E-state index contributed by atoms with van der Waals surface area (Å²) >= 11 is 6.13. The number of nitrogens with zero attached hydrogens (tertiary/aromatic N) is 1. The van der Waals surface area contributed by atoms with Gasteiger partial charge in [0.1, 0.15) is 11.9 Å². The van der Waals surface area contributed by atoms with Gasteiger partial charge in [-0.15, -0.1) is 0 Å². The maximum atomic E-state index is 14.3. The van der Waals surface area contributed by atoms with Crippen LogP contribution in [0.1, 0.15) is 49.8 Å². The summed E-state index contributed by atoms with van der Waals surface area (Å²) in [5, 5.41) is 3.13. The second-order valence-electron chi connectivity index (χ2n) is 7.39. The molecule has 4 nitrogen and oxygen atoms in total. The van der Waals surface area contributed by atoms with Crippen molar-refractivity contribution in [3.05, 3.63) is 70.0 Å². The summed E-state index contributed by atoms with van der Waals surface area (Å²) in [5.41, 5.74) is 2.13. The average Bonchev–Trinajstić information content (AvgIpc) is 2.72. The third-order valence-electron chi connectivity index (χ3n) is 5.21. The number of aryl methyl sites for hydroxylation is 1. The number of carbonyl (C=O) groups is 2. The van der Waals surface area contributed by atoms with Crippen LogP contribution < -0.4 is 5.32 Å². The highest BCUT2D eigenvalue weighted by atomic mass is 35.5. The van der Waals surface area contributed by atoms with Gasteiger partial charge in [-0.05, 0) is 43.0 Å². The first-order chi connectivity index (χ1) is 14.4. The molecule has 0 aliphatic rings. The van der Waals surface area contributed by atoms with Gasteiger partial charge in [-0.2, -0.15) is 0 Å². The fourth-order valence-corrected chi connectivity index (χ4v) is 3.58. The summed E-state index contributed by atoms with van der Waals surface area (Å²) < 4.78 is 14.3. The summed E-state index contributed by atoms with van der Waals surface area (Å²) in [5.74, 6) is -1.04. The van der Waals surface area contributed by atoms with Gasteiger partial charge in [0.05, 0.1) is 6.42 Å². The molecule has 6 heteroatoms. The Morgan fingerprint density at radius 2 is 1.87 bits per heavy atom. The molecule has 30 heavy (non-hydrogen) atoms. The number of hydrogen-bond acceptors (Lipinski definition) is 2. The number of rotatable bonds is 10. The van der Waals surface area contributed by atoms with E-state index in [0.717, 1.165) is 24.0 Å². The van der Waals surface area contributed by atoms with Gasteiger partial charge in [0, 0.05) is 23.7 Å². The van der Waals surface area contributed by atoms with Crippen molar-refractivity contribution in [2.45, 2.75) is 59.0 Å². The Kier molecular flexibility index (Phi) is 9.31. The van der Waals surface area contributed by atoms with Gasteiger partial charge in [0.25, 0.3) is 0 Å². The predicted molar refractivity (Wildman–Crippen MR) is 119 cm³/mol. The number of benzene rings is 2. The number of nitrogens with one attached hydrogen (secondary N) is 1. The smallest absolute Gasteiger partial charge is 0.242 e. The fraction of sp³-hybridized carbons (Fsp3) is 0.417. The topological polar surface area (TPSA) is 49.4 Å². The first-order valence-electron chi connectivity index (χ1n) is 10.4. The van der Waals surface area contributed by atoms with Gasteiger partial charge >= 0.3 is 0 Å². The molecule has 0 aliphatic heterocycles. The highest BCUT2D eigenvalue weighted by Gasteiger charge is 2.29. The fourth-order valence-electron chi connectivity index (χ4n) is 3.35. The van der Waals surface area contributed by atoms with Crippen LogP contribution in [0.15, 0.2) is 42.5 Å². The predicted octanol–water partition coefficient (Wildman–Crippen LogP) is 5.05. The molecule has 2 aromatic carbocycles. The molecule has 0 radical (unpaired) electrons. The maximum absolute atomic E-state index is 14.3. The summed E-state index contributed by atoms with van der Waals surface area (Å²) in [4.78, 5) is 27.7. The zero-order chi connectivity index (χ0) is 22.1. The number of unbranched alkanes of at least 4 members (excludes halogenated alkanes) is 1. The van der Waals surface area contributed by atoms with E-state index in [4.69, 9.17) is 11.6 Å². The first kappa shape index (κ1) is 23.9. The molecule has 0 fully saturated rings. The third kappa shape index (κ3) is 6.30. The van der Waals surface area contributed by atoms with Crippen molar-refractivity contribution >= 4 is 23.4 Å². The summed E-state index contributed by atoms with van der Waals surface area (Å²) in [6.45, 7) is 6.73. The van der Waals surface area contributed by atoms with E-state index >= 15 is 0 Å². The quantitative estimate of drug-likeness (QED) is 0.534. The Labute approximate surface area is 183 Å². The zero-order valence-electron chi connectivity index (χ0n) is 17.9. The van der Waals surface area contributed by atoms with E-state index < -0.39 is 11.9 Å².